The van der Waals surface area contributed by atoms with Crippen LogP contribution < -0.4 is 14.8 Å². The molecule has 2 amide bonds. The number of halogens is 3. The molecule has 1 heterocycles. The molecule has 1 aliphatic rings. The summed E-state index contributed by atoms with van der Waals surface area (Å²) < 4.78 is 18.7. The van der Waals surface area contributed by atoms with Crippen LogP contribution in [0.1, 0.15) is 23.2 Å². The van der Waals surface area contributed by atoms with Crippen molar-refractivity contribution in [3.05, 3.63) is 30.4 Å². The third-order valence-corrected chi connectivity index (χ3v) is 5.02. The van der Waals surface area contributed by atoms with Gasteiger partial charge in [0.15, 0.2) is 18.1 Å². The number of nitrogens with zero attached hydrogens (tertiary/aromatic N) is 1. The zero-order valence-electron chi connectivity index (χ0n) is 18.4. The average molecular weight is 540 g/mol. The van der Waals surface area contributed by atoms with Gasteiger partial charge in [-0.1, -0.05) is 47.5 Å². The summed E-state index contributed by atoms with van der Waals surface area (Å²) in [5.41, 5.74) is 0.131. The number of alkyl halides is 3. The topological polar surface area (TPSA) is 124 Å². The molecule has 13 heteroatoms. The highest BCUT2D eigenvalue weighted by Crippen LogP contribution is 2.35. The number of carbonyl (C=O) groups excluding carboxylic acids is 3. The first kappa shape index (κ1) is 27.8. The molecule has 0 aliphatic carbocycles. The number of nitrogens with one attached hydrogen (secondary N) is 1. The average Bonchev–Trinajstić information content (AvgIpc) is 3.28. The van der Waals surface area contributed by atoms with Gasteiger partial charge in [-0.3, -0.25) is 10.1 Å². The van der Waals surface area contributed by atoms with Crippen molar-refractivity contribution in [3.8, 4) is 11.5 Å². The van der Waals surface area contributed by atoms with Gasteiger partial charge in [0.25, 0.3) is 5.91 Å². The Bertz CT molecular complexity index is 907. The van der Waals surface area contributed by atoms with Gasteiger partial charge in [-0.15, -0.1) is 0 Å². The van der Waals surface area contributed by atoms with Gasteiger partial charge in [0.1, 0.15) is 13.2 Å². The molecule has 1 fully saturated rings. The minimum absolute atomic E-state index is 0.0315. The van der Waals surface area contributed by atoms with Crippen LogP contribution in [0.3, 0.4) is 0 Å². The Morgan fingerprint density at radius 1 is 1.26 bits per heavy atom. The van der Waals surface area contributed by atoms with Gasteiger partial charge in [-0.05, 0) is 18.9 Å². The van der Waals surface area contributed by atoms with Crippen LogP contribution in [-0.2, 0) is 14.3 Å². The number of esters is 1. The van der Waals surface area contributed by atoms with E-state index in [0.717, 1.165) is 6.42 Å². The predicted octanol–water partition coefficient (Wildman–Crippen LogP) is 3.32. The fourth-order valence-corrected chi connectivity index (χ4v) is 3.35. The minimum Gasteiger partial charge on any atom is -0.493 e. The lowest BCUT2D eigenvalue weighted by atomic mass is 10.1. The van der Waals surface area contributed by atoms with Crippen molar-refractivity contribution >= 4 is 58.5 Å². The molecule has 1 aromatic rings. The summed E-state index contributed by atoms with van der Waals surface area (Å²) in [4.78, 5) is 38.9. The van der Waals surface area contributed by atoms with Crippen molar-refractivity contribution in [2.75, 3.05) is 45.4 Å². The Balaban J connectivity index is 2.31. The molecule has 0 radical (unpaired) electrons. The molecule has 188 valence electrons. The summed E-state index contributed by atoms with van der Waals surface area (Å²) in [5, 5.41) is 12.1. The second kappa shape index (κ2) is 12.9. The van der Waals surface area contributed by atoms with Crippen molar-refractivity contribution in [3.63, 3.8) is 0 Å². The number of amides is 2. The summed E-state index contributed by atoms with van der Waals surface area (Å²) in [6.07, 6.45) is 1.93. The number of aliphatic hydroxyl groups excluding tert-OH is 1. The molecule has 0 unspecified atom stereocenters. The van der Waals surface area contributed by atoms with E-state index in [4.69, 9.17) is 53.8 Å². The Morgan fingerprint density at radius 3 is 2.62 bits per heavy atom. The van der Waals surface area contributed by atoms with Crippen molar-refractivity contribution in [1.82, 2.24) is 4.90 Å². The zero-order valence-corrected chi connectivity index (χ0v) is 20.6. The highest BCUT2D eigenvalue weighted by Gasteiger charge is 2.31. The molecular formula is C21H25Cl3N2O8. The number of carbonyl (C=O) groups is 3. The van der Waals surface area contributed by atoms with Crippen LogP contribution in [0.5, 0.6) is 11.5 Å². The lowest BCUT2D eigenvalue weighted by molar-refractivity contribution is -0.145. The maximum atomic E-state index is 13.3. The molecule has 1 aromatic carbocycles. The molecule has 1 atom stereocenters. The summed E-state index contributed by atoms with van der Waals surface area (Å²) >= 11 is 16.7. The Morgan fingerprint density at radius 2 is 2.00 bits per heavy atom. The van der Waals surface area contributed by atoms with Crippen molar-refractivity contribution in [2.45, 2.75) is 22.7 Å². The Kier molecular flexibility index (Phi) is 10.6. The third kappa shape index (κ3) is 8.12. The zero-order chi connectivity index (χ0) is 25.3. The van der Waals surface area contributed by atoms with Crippen molar-refractivity contribution in [1.29, 1.82) is 0 Å². The number of aliphatic hydroxyl groups is 1. The Labute approximate surface area is 211 Å². The molecule has 2 N–H and O–H groups in total. The monoisotopic (exact) mass is 538 g/mol. The normalized spacial score (nSPS) is 15.4. The number of likely N-dealkylation sites (tertiary alicyclic amines) is 1. The van der Waals surface area contributed by atoms with Crippen LogP contribution in [0.2, 0.25) is 0 Å². The van der Waals surface area contributed by atoms with Gasteiger partial charge in [-0.2, -0.15) is 0 Å². The fraction of sp³-hybridized carbons (Fsp3) is 0.476. The van der Waals surface area contributed by atoms with Crippen LogP contribution in [0.25, 0.3) is 0 Å². The van der Waals surface area contributed by atoms with Gasteiger partial charge in [0.05, 0.1) is 31.0 Å². The maximum Gasteiger partial charge on any atom is 0.411 e. The number of hydrogen-bond acceptors (Lipinski definition) is 8. The van der Waals surface area contributed by atoms with Gasteiger partial charge in [-0.25, -0.2) is 9.59 Å². The molecule has 10 nitrogen and oxygen atoms in total. The van der Waals surface area contributed by atoms with Crippen LogP contribution in [-0.4, -0.2) is 77.9 Å². The van der Waals surface area contributed by atoms with Gasteiger partial charge < -0.3 is 29.0 Å². The van der Waals surface area contributed by atoms with E-state index in [2.05, 4.69) is 11.9 Å². The summed E-state index contributed by atoms with van der Waals surface area (Å²) in [7, 11) is 1.34. The highest BCUT2D eigenvalue weighted by molar-refractivity contribution is 6.67. The molecule has 0 saturated carbocycles. The molecule has 0 bridgehead atoms. The van der Waals surface area contributed by atoms with Crippen LogP contribution in [0, 0.1) is 0 Å². The number of rotatable bonds is 10. The van der Waals surface area contributed by atoms with E-state index in [1.54, 1.807) is 0 Å². The van der Waals surface area contributed by atoms with E-state index in [-0.39, 0.29) is 42.0 Å². The van der Waals surface area contributed by atoms with Crippen LogP contribution in [0.15, 0.2) is 24.8 Å². The van der Waals surface area contributed by atoms with E-state index in [1.807, 2.05) is 0 Å². The Hall–Kier alpha value is -2.40. The van der Waals surface area contributed by atoms with E-state index in [0.29, 0.717) is 13.0 Å². The quantitative estimate of drug-likeness (QED) is 0.264. The van der Waals surface area contributed by atoms with Gasteiger partial charge >= 0.3 is 12.1 Å². The van der Waals surface area contributed by atoms with E-state index < -0.39 is 35.0 Å². The number of anilines is 1. The highest BCUT2D eigenvalue weighted by atomic mass is 35.6. The maximum absolute atomic E-state index is 13.3. The van der Waals surface area contributed by atoms with E-state index >= 15 is 0 Å². The molecular weight excluding hydrogens is 515 g/mol. The molecule has 34 heavy (non-hydrogen) atoms. The summed E-state index contributed by atoms with van der Waals surface area (Å²) in [5.74, 6) is -1.11. The minimum atomic E-state index is -1.78. The molecule has 1 saturated heterocycles. The summed E-state index contributed by atoms with van der Waals surface area (Å²) in [6, 6.07) is 2.33. The number of ether oxygens (including phenoxy) is 4. The van der Waals surface area contributed by atoms with E-state index in [9.17, 15) is 19.5 Å². The first-order valence-corrected chi connectivity index (χ1v) is 11.3. The molecule has 2 rings (SSSR count). The largest absolute Gasteiger partial charge is 0.493 e. The molecule has 1 aliphatic heterocycles. The first-order valence-electron chi connectivity index (χ1n) is 10.1. The lowest BCUT2D eigenvalue weighted by Crippen LogP contribution is -2.38. The molecule has 0 spiro atoms. The van der Waals surface area contributed by atoms with Gasteiger partial charge in [0, 0.05) is 12.6 Å². The standard InChI is InChI=1S/C21H25Cl3N2O8/c1-3-7-32-20(30)25-15-9-17(33-11-18(28)34-12-21(22,23)24)16(31-2)8-14(15)19(29)26-6-4-5-13(26)10-27/h3,8-9,13,27H,1,4-7,10-12H2,2H3,(H,25,30)/t13-/m0/s1. The van der Waals surface area contributed by atoms with Crippen molar-refractivity contribution in [2.24, 2.45) is 0 Å². The summed E-state index contributed by atoms with van der Waals surface area (Å²) in [6.45, 7) is 2.63. The van der Waals surface area contributed by atoms with Crippen molar-refractivity contribution < 1.29 is 38.4 Å². The number of methoxy groups -OCH3 is 1. The smallest absolute Gasteiger partial charge is 0.411 e. The van der Waals surface area contributed by atoms with Gasteiger partial charge in [0.2, 0.25) is 3.79 Å². The second-order valence-electron chi connectivity index (χ2n) is 7.10. The fourth-order valence-electron chi connectivity index (χ4n) is 3.18. The number of benzene rings is 1. The predicted molar refractivity (Wildman–Crippen MR) is 126 cm³/mol. The number of hydrogen-bond donors (Lipinski definition) is 2. The van der Waals surface area contributed by atoms with Crippen LogP contribution in [0.4, 0.5) is 10.5 Å². The third-order valence-electron chi connectivity index (χ3n) is 4.69. The first-order chi connectivity index (χ1) is 16.1. The van der Waals surface area contributed by atoms with E-state index in [1.165, 1.54) is 30.2 Å². The second-order valence-corrected chi connectivity index (χ2v) is 9.62. The SMILES string of the molecule is C=CCOC(=O)Nc1cc(OCC(=O)OCC(Cl)(Cl)Cl)c(OC)cc1C(=O)N1CCC[C@H]1CO. The molecule has 0 aromatic heterocycles. The van der Waals surface area contributed by atoms with Crippen LogP contribution >= 0.6 is 34.8 Å². The lowest BCUT2D eigenvalue weighted by Gasteiger charge is -2.25.